The molecule has 0 aliphatic rings. The lowest BCUT2D eigenvalue weighted by Crippen LogP contribution is -2.04. The van der Waals surface area contributed by atoms with E-state index in [2.05, 4.69) is 4.98 Å². The first-order chi connectivity index (χ1) is 6.69. The van der Waals surface area contributed by atoms with E-state index in [-0.39, 0.29) is 17.4 Å². The molecule has 1 aromatic rings. The van der Waals surface area contributed by atoms with E-state index in [0.29, 0.717) is 12.2 Å². The second-order valence-corrected chi connectivity index (χ2v) is 2.85. The molecule has 0 saturated heterocycles. The largest absolute Gasteiger partial charge is 0.461 e. The molecule has 0 atom stereocenters. The minimum atomic E-state index is -0.471. The van der Waals surface area contributed by atoms with Crippen LogP contribution in [-0.4, -0.2) is 29.2 Å². The molecule has 0 fully saturated rings. The highest BCUT2D eigenvalue weighted by molar-refractivity contribution is 6.30. The van der Waals surface area contributed by atoms with Crippen molar-refractivity contribution in [2.45, 2.75) is 6.92 Å². The molecule has 1 aromatic heterocycles. The number of halogens is 1. The fourth-order valence-electron chi connectivity index (χ4n) is 0.959. The van der Waals surface area contributed by atoms with E-state index >= 15 is 0 Å². The third kappa shape index (κ3) is 2.35. The summed E-state index contributed by atoms with van der Waals surface area (Å²) in [6.45, 7) is 2.02. The molecule has 0 bridgehead atoms. The summed E-state index contributed by atoms with van der Waals surface area (Å²) in [5, 5.41) is 0. The second-order valence-electron chi connectivity index (χ2n) is 2.58. The number of esters is 1. The van der Waals surface area contributed by atoms with E-state index < -0.39 is 5.97 Å². The zero-order valence-electron chi connectivity index (χ0n) is 7.67. The zero-order chi connectivity index (χ0) is 10.6. The molecule has 0 radical (unpaired) electrons. The second kappa shape index (κ2) is 4.81. The molecule has 1 N–H and O–H groups in total. The number of aromatic amines is 1. The van der Waals surface area contributed by atoms with Crippen LogP contribution in [0.3, 0.4) is 0 Å². The van der Waals surface area contributed by atoms with Gasteiger partial charge in [-0.2, -0.15) is 0 Å². The van der Waals surface area contributed by atoms with Gasteiger partial charge < -0.3 is 9.72 Å². The van der Waals surface area contributed by atoms with E-state index in [1.807, 2.05) is 0 Å². The van der Waals surface area contributed by atoms with Crippen molar-refractivity contribution in [1.82, 2.24) is 4.98 Å². The average molecular weight is 216 g/mol. The van der Waals surface area contributed by atoms with Gasteiger partial charge in [0, 0.05) is 11.8 Å². The van der Waals surface area contributed by atoms with Gasteiger partial charge in [0.05, 0.1) is 12.5 Å². The minimum absolute atomic E-state index is 0.0971. The molecule has 0 amide bonds. The fourth-order valence-corrected chi connectivity index (χ4v) is 1.11. The summed E-state index contributed by atoms with van der Waals surface area (Å²) >= 11 is 5.36. The van der Waals surface area contributed by atoms with Crippen molar-refractivity contribution in [3.63, 3.8) is 0 Å². The molecule has 0 spiro atoms. The van der Waals surface area contributed by atoms with Crippen LogP contribution < -0.4 is 0 Å². The summed E-state index contributed by atoms with van der Waals surface area (Å²) in [6.07, 6.45) is 1.44. The van der Waals surface area contributed by atoms with Crippen LogP contribution in [0.15, 0.2) is 12.3 Å². The molecule has 0 unspecified atom stereocenters. The number of alkyl halides is 1. The number of ether oxygens (including phenoxy) is 1. The first-order valence-corrected chi connectivity index (χ1v) is 4.67. The molecule has 4 nitrogen and oxygen atoms in total. The summed E-state index contributed by atoms with van der Waals surface area (Å²) in [5.41, 5.74) is 0.656. The monoisotopic (exact) mass is 215 g/mol. The van der Waals surface area contributed by atoms with Gasteiger partial charge in [0.25, 0.3) is 0 Å². The summed E-state index contributed by atoms with van der Waals surface area (Å²) in [6, 6.07) is 1.43. The number of carbonyl (C=O) groups is 2. The van der Waals surface area contributed by atoms with Crippen LogP contribution >= 0.6 is 11.6 Å². The Hall–Kier alpha value is -1.29. The lowest BCUT2D eigenvalue weighted by atomic mass is 10.2. The lowest BCUT2D eigenvalue weighted by Gasteiger charge is -1.96. The van der Waals surface area contributed by atoms with Crippen molar-refractivity contribution in [2.24, 2.45) is 0 Å². The average Bonchev–Trinajstić information content (AvgIpc) is 2.66. The van der Waals surface area contributed by atoms with Crippen LogP contribution in [0.25, 0.3) is 0 Å². The van der Waals surface area contributed by atoms with Crippen LogP contribution in [0.1, 0.15) is 27.8 Å². The number of ketones is 1. The number of rotatable bonds is 4. The van der Waals surface area contributed by atoms with Gasteiger partial charge in [0.15, 0.2) is 5.78 Å². The number of nitrogens with one attached hydrogen (secondary N) is 1. The van der Waals surface area contributed by atoms with Crippen LogP contribution in [-0.2, 0) is 4.74 Å². The SMILES string of the molecule is CCOC(=O)c1cc(C(=O)CCl)c[nH]1. The van der Waals surface area contributed by atoms with E-state index in [1.165, 1.54) is 12.3 Å². The van der Waals surface area contributed by atoms with Gasteiger partial charge in [0.1, 0.15) is 5.69 Å². The molecule has 0 aliphatic carbocycles. The van der Waals surface area contributed by atoms with Crippen LogP contribution in [0, 0.1) is 0 Å². The number of hydrogen-bond donors (Lipinski definition) is 1. The van der Waals surface area contributed by atoms with Crippen LogP contribution in [0.2, 0.25) is 0 Å². The Balaban J connectivity index is 2.77. The van der Waals surface area contributed by atoms with Gasteiger partial charge in [-0.15, -0.1) is 11.6 Å². The number of aromatic nitrogens is 1. The Kier molecular flexibility index (Phi) is 3.71. The number of hydrogen-bond acceptors (Lipinski definition) is 3. The molecule has 76 valence electrons. The van der Waals surface area contributed by atoms with Crippen molar-refractivity contribution in [1.29, 1.82) is 0 Å². The van der Waals surface area contributed by atoms with Crippen molar-refractivity contribution in [3.05, 3.63) is 23.5 Å². The molecular weight excluding hydrogens is 206 g/mol. The first-order valence-electron chi connectivity index (χ1n) is 4.13. The third-order valence-electron chi connectivity index (χ3n) is 1.62. The van der Waals surface area contributed by atoms with E-state index in [4.69, 9.17) is 16.3 Å². The maximum Gasteiger partial charge on any atom is 0.354 e. The van der Waals surface area contributed by atoms with Gasteiger partial charge in [0.2, 0.25) is 0 Å². The smallest absolute Gasteiger partial charge is 0.354 e. The Labute approximate surface area is 86.2 Å². The molecule has 0 aliphatic heterocycles. The number of H-pyrrole nitrogens is 1. The first kappa shape index (κ1) is 10.8. The predicted molar refractivity (Wildman–Crippen MR) is 51.8 cm³/mol. The van der Waals surface area contributed by atoms with Gasteiger partial charge in [-0.1, -0.05) is 0 Å². The molecule has 1 heterocycles. The molecular formula is C9H10ClNO3. The van der Waals surface area contributed by atoms with Crippen molar-refractivity contribution in [3.8, 4) is 0 Å². The van der Waals surface area contributed by atoms with Crippen molar-refractivity contribution < 1.29 is 14.3 Å². The Bertz CT molecular complexity index is 346. The van der Waals surface area contributed by atoms with E-state index in [9.17, 15) is 9.59 Å². The van der Waals surface area contributed by atoms with Gasteiger partial charge in [-0.25, -0.2) is 4.79 Å². The van der Waals surface area contributed by atoms with Crippen LogP contribution in [0.5, 0.6) is 0 Å². The Morgan fingerprint density at radius 1 is 1.57 bits per heavy atom. The van der Waals surface area contributed by atoms with Gasteiger partial charge in [-0.05, 0) is 13.0 Å². The van der Waals surface area contributed by atoms with Crippen molar-refractivity contribution >= 4 is 23.4 Å². The highest BCUT2D eigenvalue weighted by Gasteiger charge is 2.12. The molecule has 0 saturated carbocycles. The lowest BCUT2D eigenvalue weighted by molar-refractivity contribution is 0.0520. The summed E-state index contributed by atoms with van der Waals surface area (Å²) in [7, 11) is 0. The maximum absolute atomic E-state index is 11.2. The highest BCUT2D eigenvalue weighted by Crippen LogP contribution is 2.06. The standard InChI is InChI=1S/C9H10ClNO3/c1-2-14-9(13)7-3-6(5-11-7)8(12)4-10/h3,5,11H,2,4H2,1H3. The normalized spacial score (nSPS) is 9.86. The van der Waals surface area contributed by atoms with Crippen molar-refractivity contribution in [2.75, 3.05) is 12.5 Å². The summed E-state index contributed by atoms with van der Waals surface area (Å²) in [4.78, 5) is 24.9. The third-order valence-corrected chi connectivity index (χ3v) is 1.86. The molecule has 0 aromatic carbocycles. The van der Waals surface area contributed by atoms with E-state index in [1.54, 1.807) is 6.92 Å². The quantitative estimate of drug-likeness (QED) is 0.472. The number of Topliss-reactive ketones (excluding diaryl/α,β-unsaturated/α-hetero) is 1. The fraction of sp³-hybridized carbons (Fsp3) is 0.333. The molecule has 5 heteroatoms. The summed E-state index contributed by atoms with van der Waals surface area (Å²) in [5.74, 6) is -0.792. The topological polar surface area (TPSA) is 59.2 Å². The minimum Gasteiger partial charge on any atom is -0.461 e. The molecule has 1 rings (SSSR count). The zero-order valence-corrected chi connectivity index (χ0v) is 8.43. The van der Waals surface area contributed by atoms with Crippen LogP contribution in [0.4, 0.5) is 0 Å². The Morgan fingerprint density at radius 2 is 2.29 bits per heavy atom. The van der Waals surface area contributed by atoms with Gasteiger partial charge >= 0.3 is 5.97 Å². The highest BCUT2D eigenvalue weighted by atomic mass is 35.5. The molecule has 14 heavy (non-hydrogen) atoms. The predicted octanol–water partition coefficient (Wildman–Crippen LogP) is 1.61. The van der Waals surface area contributed by atoms with Gasteiger partial charge in [-0.3, -0.25) is 4.79 Å². The Morgan fingerprint density at radius 3 is 2.86 bits per heavy atom. The number of carbonyl (C=O) groups excluding carboxylic acids is 2. The van der Waals surface area contributed by atoms with E-state index in [0.717, 1.165) is 0 Å². The summed E-state index contributed by atoms with van der Waals surface area (Å²) < 4.78 is 4.74. The maximum atomic E-state index is 11.2.